The predicted octanol–water partition coefficient (Wildman–Crippen LogP) is 3.03. The average Bonchev–Trinajstić information content (AvgIpc) is 3.04. The smallest absolute Gasteiger partial charge is 0.262 e. The summed E-state index contributed by atoms with van der Waals surface area (Å²) in [6, 6.07) is 8.71. The van der Waals surface area contributed by atoms with E-state index in [0.29, 0.717) is 15.9 Å². The number of thioether (sulfide) groups is 1. The van der Waals surface area contributed by atoms with Crippen LogP contribution in [0, 0.1) is 13.8 Å². The van der Waals surface area contributed by atoms with Crippen LogP contribution in [0.4, 0.5) is 5.69 Å². The molecular formula is C16H15ClN4O2S. The van der Waals surface area contributed by atoms with Crippen molar-refractivity contribution in [3.05, 3.63) is 46.7 Å². The lowest BCUT2D eigenvalue weighted by Crippen LogP contribution is -2.21. The molecule has 0 fully saturated rings. The quantitative estimate of drug-likeness (QED) is 0.910. The molecule has 2 aromatic rings. The summed E-state index contributed by atoms with van der Waals surface area (Å²) < 4.78 is 1.63. The standard InChI is InChI=1S/C16H15ClN4O2S/c1-9-7-10(2)21(20-9)16-19-15(23)13(24-16)8-14(22)18-12-5-3-11(17)4-6-12/h3-7,13H,8H2,1-2H3,(H,18,22)/t13-/m0/s1. The minimum atomic E-state index is -0.531. The van der Waals surface area contributed by atoms with E-state index in [1.165, 1.54) is 11.8 Å². The summed E-state index contributed by atoms with van der Waals surface area (Å²) in [5, 5.41) is 7.64. The van der Waals surface area contributed by atoms with E-state index in [-0.39, 0.29) is 18.2 Å². The van der Waals surface area contributed by atoms with E-state index in [0.717, 1.165) is 11.4 Å². The molecule has 1 N–H and O–H groups in total. The monoisotopic (exact) mass is 362 g/mol. The number of nitrogens with zero attached hydrogens (tertiary/aromatic N) is 3. The molecule has 1 aromatic carbocycles. The van der Waals surface area contributed by atoms with Crippen LogP contribution >= 0.6 is 23.4 Å². The van der Waals surface area contributed by atoms with Crippen molar-refractivity contribution in [3.8, 4) is 0 Å². The first-order chi connectivity index (χ1) is 11.4. The van der Waals surface area contributed by atoms with Crippen LogP contribution in [-0.4, -0.2) is 32.0 Å². The molecule has 8 heteroatoms. The Kier molecular flexibility index (Phi) is 4.73. The minimum absolute atomic E-state index is 0.0540. The molecule has 6 nitrogen and oxygen atoms in total. The predicted molar refractivity (Wildman–Crippen MR) is 95.6 cm³/mol. The fourth-order valence-corrected chi connectivity index (χ4v) is 3.53. The number of aryl methyl sites for hydroxylation is 2. The number of aliphatic imine (C=N–C) groups is 1. The van der Waals surface area contributed by atoms with Crippen LogP contribution in [-0.2, 0) is 9.59 Å². The zero-order chi connectivity index (χ0) is 17.3. The Morgan fingerprint density at radius 2 is 2.04 bits per heavy atom. The lowest BCUT2D eigenvalue weighted by Gasteiger charge is -2.08. The van der Waals surface area contributed by atoms with Gasteiger partial charge < -0.3 is 5.32 Å². The maximum absolute atomic E-state index is 12.1. The summed E-state index contributed by atoms with van der Waals surface area (Å²) in [7, 11) is 0. The molecule has 1 aromatic heterocycles. The van der Waals surface area contributed by atoms with Crippen LogP contribution in [0.25, 0.3) is 0 Å². The second kappa shape index (κ2) is 6.78. The molecule has 0 aliphatic carbocycles. The number of benzene rings is 1. The van der Waals surface area contributed by atoms with Gasteiger partial charge in [0, 0.05) is 22.8 Å². The number of carbonyl (C=O) groups is 2. The van der Waals surface area contributed by atoms with E-state index >= 15 is 0 Å². The van der Waals surface area contributed by atoms with Gasteiger partial charge in [-0.05, 0) is 44.2 Å². The zero-order valence-electron chi connectivity index (χ0n) is 13.1. The highest BCUT2D eigenvalue weighted by Gasteiger charge is 2.32. The fraction of sp³-hybridized carbons (Fsp3) is 0.250. The van der Waals surface area contributed by atoms with Gasteiger partial charge in [-0.1, -0.05) is 23.4 Å². The number of anilines is 1. The van der Waals surface area contributed by atoms with Gasteiger partial charge in [0.2, 0.25) is 5.91 Å². The van der Waals surface area contributed by atoms with E-state index in [1.54, 1.807) is 28.9 Å². The first-order valence-electron chi connectivity index (χ1n) is 7.30. The van der Waals surface area contributed by atoms with Crippen LogP contribution in [0.15, 0.2) is 35.3 Å². The second-order valence-electron chi connectivity index (χ2n) is 5.44. The molecule has 1 aliphatic heterocycles. The zero-order valence-corrected chi connectivity index (χ0v) is 14.7. The van der Waals surface area contributed by atoms with Crippen LogP contribution in [0.3, 0.4) is 0 Å². The summed E-state index contributed by atoms with van der Waals surface area (Å²) in [5.74, 6) is -0.554. The highest BCUT2D eigenvalue weighted by atomic mass is 35.5. The molecule has 124 valence electrons. The molecule has 0 spiro atoms. The van der Waals surface area contributed by atoms with Gasteiger partial charge in [-0.25, -0.2) is 4.68 Å². The van der Waals surface area contributed by atoms with Gasteiger partial charge in [0.15, 0.2) is 5.17 Å². The van der Waals surface area contributed by atoms with E-state index in [2.05, 4.69) is 15.4 Å². The Bertz CT molecular complexity index is 829. The first-order valence-corrected chi connectivity index (χ1v) is 8.56. The number of hydrogen-bond donors (Lipinski definition) is 1. The Morgan fingerprint density at radius 1 is 1.33 bits per heavy atom. The van der Waals surface area contributed by atoms with E-state index in [1.807, 2.05) is 19.9 Å². The van der Waals surface area contributed by atoms with Gasteiger partial charge in [-0.2, -0.15) is 10.1 Å². The number of nitrogens with one attached hydrogen (secondary N) is 1. The molecule has 0 bridgehead atoms. The molecule has 24 heavy (non-hydrogen) atoms. The lowest BCUT2D eigenvalue weighted by molar-refractivity contribution is -0.121. The highest BCUT2D eigenvalue weighted by Crippen LogP contribution is 2.27. The summed E-state index contributed by atoms with van der Waals surface area (Å²) in [5.41, 5.74) is 2.39. The SMILES string of the molecule is Cc1cc(C)n(C2=NC(=O)[C@H](CC(=O)Nc3ccc(Cl)cc3)S2)n1. The van der Waals surface area contributed by atoms with Crippen molar-refractivity contribution in [1.82, 2.24) is 9.78 Å². The largest absolute Gasteiger partial charge is 0.326 e. The summed E-state index contributed by atoms with van der Waals surface area (Å²) in [6.45, 7) is 3.77. The van der Waals surface area contributed by atoms with Crippen molar-refractivity contribution in [2.75, 3.05) is 5.32 Å². The third kappa shape index (κ3) is 3.68. The third-order valence-corrected chi connectivity index (χ3v) is 4.80. The molecule has 0 radical (unpaired) electrons. The Hall–Kier alpha value is -2.12. The average molecular weight is 363 g/mol. The lowest BCUT2D eigenvalue weighted by atomic mass is 10.2. The molecule has 0 saturated heterocycles. The van der Waals surface area contributed by atoms with Crippen molar-refractivity contribution in [2.45, 2.75) is 25.5 Å². The van der Waals surface area contributed by atoms with Gasteiger partial charge in [0.1, 0.15) is 5.25 Å². The number of halogens is 1. The van der Waals surface area contributed by atoms with Gasteiger partial charge in [-0.15, -0.1) is 0 Å². The Balaban J connectivity index is 1.63. The topological polar surface area (TPSA) is 76.3 Å². The molecule has 0 saturated carbocycles. The van der Waals surface area contributed by atoms with Crippen molar-refractivity contribution in [1.29, 1.82) is 0 Å². The van der Waals surface area contributed by atoms with Crippen molar-refractivity contribution < 1.29 is 9.59 Å². The summed E-state index contributed by atoms with van der Waals surface area (Å²) in [6.07, 6.45) is 0.0540. The minimum Gasteiger partial charge on any atom is -0.326 e. The molecule has 1 aliphatic rings. The Morgan fingerprint density at radius 3 is 2.67 bits per heavy atom. The van der Waals surface area contributed by atoms with E-state index in [4.69, 9.17) is 11.6 Å². The van der Waals surface area contributed by atoms with Gasteiger partial charge in [0.25, 0.3) is 5.91 Å². The van der Waals surface area contributed by atoms with Crippen molar-refractivity contribution >= 4 is 46.0 Å². The van der Waals surface area contributed by atoms with E-state index < -0.39 is 5.25 Å². The normalized spacial score (nSPS) is 17.0. The summed E-state index contributed by atoms with van der Waals surface area (Å²) in [4.78, 5) is 28.2. The number of amides is 2. The maximum atomic E-state index is 12.1. The number of hydrogen-bond acceptors (Lipinski definition) is 4. The van der Waals surface area contributed by atoms with Crippen LogP contribution in [0.2, 0.25) is 5.02 Å². The highest BCUT2D eigenvalue weighted by molar-refractivity contribution is 8.15. The van der Waals surface area contributed by atoms with Crippen LogP contribution < -0.4 is 5.32 Å². The molecule has 0 unspecified atom stereocenters. The Labute approximate surface area is 148 Å². The fourth-order valence-electron chi connectivity index (χ4n) is 2.33. The van der Waals surface area contributed by atoms with Crippen molar-refractivity contribution in [3.63, 3.8) is 0 Å². The van der Waals surface area contributed by atoms with Gasteiger partial charge in [0.05, 0.1) is 5.69 Å². The summed E-state index contributed by atoms with van der Waals surface area (Å²) >= 11 is 7.07. The molecule has 2 heterocycles. The molecule has 3 rings (SSSR count). The number of carbonyl (C=O) groups excluding carboxylic acids is 2. The molecule has 1 atom stereocenters. The van der Waals surface area contributed by atoms with Gasteiger partial charge >= 0.3 is 0 Å². The van der Waals surface area contributed by atoms with Crippen LogP contribution in [0.1, 0.15) is 17.8 Å². The number of rotatable bonds is 3. The van der Waals surface area contributed by atoms with Crippen molar-refractivity contribution in [2.24, 2.45) is 4.99 Å². The molecule has 2 amide bonds. The third-order valence-electron chi connectivity index (χ3n) is 3.42. The van der Waals surface area contributed by atoms with E-state index in [9.17, 15) is 9.59 Å². The van der Waals surface area contributed by atoms with Crippen LogP contribution in [0.5, 0.6) is 0 Å². The van der Waals surface area contributed by atoms with Gasteiger partial charge in [-0.3, -0.25) is 9.59 Å². The second-order valence-corrected chi connectivity index (χ2v) is 7.04. The maximum Gasteiger partial charge on any atom is 0.262 e. The first kappa shape index (κ1) is 16.7. The molecular weight excluding hydrogens is 348 g/mol. The number of aromatic nitrogens is 2.